The molecule has 4 heteroatoms. The number of unbranched alkanes of at least 4 members (excludes halogenated alkanes) is 7. The predicted molar refractivity (Wildman–Crippen MR) is 121 cm³/mol. The van der Waals surface area contributed by atoms with E-state index in [1.54, 1.807) is 12.1 Å². The molecule has 0 saturated carbocycles. The Morgan fingerprint density at radius 1 is 0.833 bits per heavy atom. The van der Waals surface area contributed by atoms with Crippen LogP contribution in [-0.2, 0) is 17.8 Å². The Kier molecular flexibility index (Phi) is 11.7. The molecule has 2 rings (SSSR count). The lowest BCUT2D eigenvalue weighted by atomic mass is 10.0. The van der Waals surface area contributed by atoms with Crippen molar-refractivity contribution in [2.45, 2.75) is 71.3 Å². The molecule has 0 atom stereocenters. The molecule has 0 radical (unpaired) electrons. The number of carboxylic acids is 1. The highest BCUT2D eigenvalue weighted by molar-refractivity contribution is 5.91. The van der Waals surface area contributed by atoms with E-state index in [1.807, 2.05) is 36.4 Å². The zero-order valence-corrected chi connectivity index (χ0v) is 18.3. The molecule has 1 N–H and O–H groups in total. The molecule has 0 heterocycles. The summed E-state index contributed by atoms with van der Waals surface area (Å²) in [5.41, 5.74) is 2.40. The predicted octanol–water partition coefficient (Wildman–Crippen LogP) is 6.66. The third kappa shape index (κ3) is 9.45. The lowest BCUT2D eigenvalue weighted by molar-refractivity contribution is 0.0681. The fourth-order valence-electron chi connectivity index (χ4n) is 3.46. The topological polar surface area (TPSA) is 55.8 Å². The van der Waals surface area contributed by atoms with E-state index in [0.717, 1.165) is 24.0 Å². The van der Waals surface area contributed by atoms with E-state index in [9.17, 15) is 9.90 Å². The molecule has 0 amide bonds. The number of aryl methyl sites for hydroxylation is 1. The van der Waals surface area contributed by atoms with Crippen LogP contribution in [0.5, 0.6) is 5.75 Å². The van der Waals surface area contributed by atoms with Crippen molar-refractivity contribution in [2.24, 2.45) is 0 Å². The van der Waals surface area contributed by atoms with E-state index in [0.29, 0.717) is 25.6 Å². The molecule has 0 aromatic heterocycles. The zero-order chi connectivity index (χ0) is 21.4. The fraction of sp³-hybridized carbons (Fsp3) is 0.500. The smallest absolute Gasteiger partial charge is 0.339 e. The van der Waals surface area contributed by atoms with Crippen molar-refractivity contribution in [2.75, 3.05) is 13.2 Å². The van der Waals surface area contributed by atoms with Gasteiger partial charge in [-0.25, -0.2) is 4.79 Å². The monoisotopic (exact) mass is 412 g/mol. The van der Waals surface area contributed by atoms with E-state index in [2.05, 4.69) is 6.92 Å². The standard InChI is InChI=1S/C26H36O4/c1-2-3-4-5-6-7-8-10-13-22-16-17-25(24(20-22)26(27)28)30-19-18-29-21-23-14-11-9-12-15-23/h9,11-12,14-17,20H,2-8,10,13,18-19,21H2,1H3,(H,27,28). The fourth-order valence-corrected chi connectivity index (χ4v) is 3.46. The molecule has 30 heavy (non-hydrogen) atoms. The molecular formula is C26H36O4. The second-order valence-electron chi connectivity index (χ2n) is 7.75. The summed E-state index contributed by atoms with van der Waals surface area (Å²) in [4.78, 5) is 11.6. The van der Waals surface area contributed by atoms with Crippen LogP contribution in [0.25, 0.3) is 0 Å². The molecule has 0 bridgehead atoms. The minimum atomic E-state index is -0.951. The first-order valence-corrected chi connectivity index (χ1v) is 11.3. The number of hydrogen-bond acceptors (Lipinski definition) is 3. The SMILES string of the molecule is CCCCCCCCCCc1ccc(OCCOCc2ccccc2)c(C(=O)O)c1. The number of benzene rings is 2. The van der Waals surface area contributed by atoms with Crippen LogP contribution in [0.1, 0.15) is 79.8 Å². The number of carbonyl (C=O) groups is 1. The van der Waals surface area contributed by atoms with Crippen LogP contribution in [0.4, 0.5) is 0 Å². The lowest BCUT2D eigenvalue weighted by Gasteiger charge is -2.11. The van der Waals surface area contributed by atoms with Crippen LogP contribution < -0.4 is 4.74 Å². The highest BCUT2D eigenvalue weighted by Gasteiger charge is 2.12. The highest BCUT2D eigenvalue weighted by atomic mass is 16.5. The first-order chi connectivity index (χ1) is 14.7. The van der Waals surface area contributed by atoms with Crippen molar-refractivity contribution in [3.05, 3.63) is 65.2 Å². The van der Waals surface area contributed by atoms with Gasteiger partial charge in [-0.05, 0) is 36.1 Å². The summed E-state index contributed by atoms with van der Waals surface area (Å²) < 4.78 is 11.3. The van der Waals surface area contributed by atoms with E-state index in [1.165, 1.54) is 44.9 Å². The van der Waals surface area contributed by atoms with Crippen LogP contribution in [0.2, 0.25) is 0 Å². The molecule has 0 spiro atoms. The molecule has 2 aromatic rings. The Bertz CT molecular complexity index is 727. The van der Waals surface area contributed by atoms with Crippen molar-refractivity contribution in [1.29, 1.82) is 0 Å². The van der Waals surface area contributed by atoms with Crippen molar-refractivity contribution in [1.82, 2.24) is 0 Å². The maximum atomic E-state index is 11.6. The molecule has 0 aliphatic rings. The Morgan fingerprint density at radius 3 is 2.23 bits per heavy atom. The first kappa shape index (κ1) is 23.9. The summed E-state index contributed by atoms with van der Waals surface area (Å²) in [7, 11) is 0. The van der Waals surface area contributed by atoms with Gasteiger partial charge >= 0.3 is 5.97 Å². The lowest BCUT2D eigenvalue weighted by Crippen LogP contribution is -2.10. The summed E-state index contributed by atoms with van der Waals surface area (Å²) in [6.45, 7) is 3.49. The van der Waals surface area contributed by atoms with Gasteiger partial charge in [0.2, 0.25) is 0 Å². The molecule has 0 aliphatic heterocycles. The van der Waals surface area contributed by atoms with Crippen LogP contribution in [0, 0.1) is 0 Å². The Hall–Kier alpha value is -2.33. The molecular weight excluding hydrogens is 376 g/mol. The van der Waals surface area contributed by atoms with Crippen LogP contribution >= 0.6 is 0 Å². The maximum absolute atomic E-state index is 11.6. The van der Waals surface area contributed by atoms with Gasteiger partial charge in [-0.15, -0.1) is 0 Å². The summed E-state index contributed by atoms with van der Waals surface area (Å²) in [5.74, 6) is -0.543. The third-order valence-corrected chi connectivity index (χ3v) is 5.19. The second-order valence-corrected chi connectivity index (χ2v) is 7.75. The first-order valence-electron chi connectivity index (χ1n) is 11.3. The number of rotatable bonds is 16. The van der Waals surface area contributed by atoms with Crippen LogP contribution in [0.3, 0.4) is 0 Å². The minimum absolute atomic E-state index is 0.232. The summed E-state index contributed by atoms with van der Waals surface area (Å²) in [5, 5.41) is 9.54. The van der Waals surface area contributed by atoms with Gasteiger partial charge in [0.1, 0.15) is 17.9 Å². The van der Waals surface area contributed by atoms with Gasteiger partial charge in [-0.1, -0.05) is 88.3 Å². The average molecular weight is 413 g/mol. The van der Waals surface area contributed by atoms with E-state index >= 15 is 0 Å². The van der Waals surface area contributed by atoms with Crippen molar-refractivity contribution >= 4 is 5.97 Å². The third-order valence-electron chi connectivity index (χ3n) is 5.19. The van der Waals surface area contributed by atoms with E-state index < -0.39 is 5.97 Å². The van der Waals surface area contributed by atoms with Gasteiger partial charge in [-0.3, -0.25) is 0 Å². The second kappa shape index (κ2) is 14.6. The van der Waals surface area contributed by atoms with Crippen LogP contribution in [-0.4, -0.2) is 24.3 Å². The number of hydrogen-bond donors (Lipinski definition) is 1. The summed E-state index contributed by atoms with van der Waals surface area (Å²) >= 11 is 0. The molecule has 0 unspecified atom stereocenters. The van der Waals surface area contributed by atoms with Gasteiger partial charge in [-0.2, -0.15) is 0 Å². The highest BCUT2D eigenvalue weighted by Crippen LogP contribution is 2.22. The van der Waals surface area contributed by atoms with Gasteiger partial charge in [0, 0.05) is 0 Å². The van der Waals surface area contributed by atoms with Gasteiger partial charge in [0.15, 0.2) is 0 Å². The number of carboxylic acid groups (broad SMARTS) is 1. The van der Waals surface area contributed by atoms with Crippen molar-refractivity contribution in [3.63, 3.8) is 0 Å². The largest absolute Gasteiger partial charge is 0.490 e. The van der Waals surface area contributed by atoms with Gasteiger partial charge in [0.05, 0.1) is 13.2 Å². The van der Waals surface area contributed by atoms with E-state index in [4.69, 9.17) is 9.47 Å². The van der Waals surface area contributed by atoms with Gasteiger partial charge < -0.3 is 14.6 Å². The van der Waals surface area contributed by atoms with Crippen molar-refractivity contribution in [3.8, 4) is 5.75 Å². The molecule has 4 nitrogen and oxygen atoms in total. The number of aromatic carboxylic acids is 1. The maximum Gasteiger partial charge on any atom is 0.339 e. The minimum Gasteiger partial charge on any atom is -0.490 e. The van der Waals surface area contributed by atoms with E-state index in [-0.39, 0.29) is 5.56 Å². The molecule has 2 aromatic carbocycles. The molecule has 0 saturated heterocycles. The Morgan fingerprint density at radius 2 is 1.53 bits per heavy atom. The summed E-state index contributed by atoms with van der Waals surface area (Å²) in [6.07, 6.45) is 11.1. The molecule has 0 aliphatic carbocycles. The van der Waals surface area contributed by atoms with Gasteiger partial charge in [0.25, 0.3) is 0 Å². The molecule has 164 valence electrons. The normalized spacial score (nSPS) is 10.8. The Balaban J connectivity index is 1.70. The van der Waals surface area contributed by atoms with Crippen molar-refractivity contribution < 1.29 is 19.4 Å². The number of ether oxygens (including phenoxy) is 2. The average Bonchev–Trinajstić information content (AvgIpc) is 2.76. The Labute approximate surface area is 181 Å². The summed E-state index contributed by atoms with van der Waals surface area (Å²) in [6, 6.07) is 15.5. The quantitative estimate of drug-likeness (QED) is 0.313. The zero-order valence-electron chi connectivity index (χ0n) is 18.3. The molecule has 0 fully saturated rings. The van der Waals surface area contributed by atoms with Crippen LogP contribution in [0.15, 0.2) is 48.5 Å².